The molecule has 0 amide bonds. The fourth-order valence-corrected chi connectivity index (χ4v) is 4.37. The highest BCUT2D eigenvalue weighted by Crippen LogP contribution is 2.21. The van der Waals surface area contributed by atoms with E-state index in [1.165, 1.54) is 24.8 Å². The number of hydrogen-bond donors (Lipinski definition) is 1. The number of anilines is 1. The smallest absolute Gasteiger partial charge is 0.194 e. The van der Waals surface area contributed by atoms with Crippen molar-refractivity contribution < 1.29 is 9.47 Å². The molecule has 0 spiro atoms. The van der Waals surface area contributed by atoms with Gasteiger partial charge in [-0.15, -0.1) is 0 Å². The second-order valence-electron chi connectivity index (χ2n) is 7.88. The summed E-state index contributed by atoms with van der Waals surface area (Å²) >= 11 is 0. The third kappa shape index (κ3) is 4.75. The maximum absolute atomic E-state index is 5.97. The quantitative estimate of drug-likeness (QED) is 0.630. The van der Waals surface area contributed by atoms with Crippen LogP contribution in [0.15, 0.2) is 23.3 Å². The molecule has 1 aromatic heterocycles. The summed E-state index contributed by atoms with van der Waals surface area (Å²) < 4.78 is 11.8. The standard InChI is InChI=1S/C21H33N5O2/c1-22-21(26-11-13-28-19(16-26)18-6-5-12-27-18)24-15-17-7-8-23-20(14-17)25-9-3-2-4-10-25/h7-8,14,18-19H,2-6,9-13,15-16H2,1H3,(H,22,24). The van der Waals surface area contributed by atoms with Gasteiger partial charge in [-0.05, 0) is 49.8 Å². The Labute approximate surface area is 168 Å². The van der Waals surface area contributed by atoms with E-state index in [0.717, 1.165) is 70.6 Å². The lowest BCUT2D eigenvalue weighted by Gasteiger charge is -2.37. The lowest BCUT2D eigenvalue weighted by Crippen LogP contribution is -2.53. The van der Waals surface area contributed by atoms with E-state index in [1.807, 2.05) is 13.2 Å². The van der Waals surface area contributed by atoms with Gasteiger partial charge in [-0.3, -0.25) is 4.99 Å². The summed E-state index contributed by atoms with van der Waals surface area (Å²) in [6, 6.07) is 4.29. The van der Waals surface area contributed by atoms with E-state index in [1.54, 1.807) is 0 Å². The zero-order valence-corrected chi connectivity index (χ0v) is 17.0. The number of rotatable bonds is 4. The Hall–Kier alpha value is -1.86. The van der Waals surface area contributed by atoms with Crippen molar-refractivity contribution >= 4 is 11.8 Å². The minimum atomic E-state index is 0.140. The molecule has 0 saturated carbocycles. The monoisotopic (exact) mass is 387 g/mol. The van der Waals surface area contributed by atoms with Crippen LogP contribution in [0.5, 0.6) is 0 Å². The van der Waals surface area contributed by atoms with Gasteiger partial charge in [0.25, 0.3) is 0 Å². The average Bonchev–Trinajstić information content (AvgIpc) is 3.30. The van der Waals surface area contributed by atoms with Gasteiger partial charge in [0.2, 0.25) is 0 Å². The first-order valence-electron chi connectivity index (χ1n) is 10.7. The summed E-state index contributed by atoms with van der Waals surface area (Å²) in [5.74, 6) is 2.03. The van der Waals surface area contributed by atoms with E-state index in [0.29, 0.717) is 0 Å². The maximum atomic E-state index is 5.97. The van der Waals surface area contributed by atoms with Crippen LogP contribution in [-0.4, -0.2) is 74.5 Å². The minimum Gasteiger partial charge on any atom is -0.375 e. The first-order chi connectivity index (χ1) is 13.8. The number of guanidine groups is 1. The molecule has 3 aliphatic heterocycles. The molecule has 4 heterocycles. The number of pyridine rings is 1. The summed E-state index contributed by atoms with van der Waals surface area (Å²) in [6.45, 7) is 6.25. The van der Waals surface area contributed by atoms with Crippen LogP contribution >= 0.6 is 0 Å². The molecular weight excluding hydrogens is 354 g/mol. The van der Waals surface area contributed by atoms with Crippen molar-refractivity contribution in [3.8, 4) is 0 Å². The molecule has 3 aliphatic rings. The highest BCUT2D eigenvalue weighted by atomic mass is 16.5. The van der Waals surface area contributed by atoms with E-state index >= 15 is 0 Å². The highest BCUT2D eigenvalue weighted by molar-refractivity contribution is 5.80. The number of nitrogens with one attached hydrogen (secondary N) is 1. The molecule has 1 N–H and O–H groups in total. The number of ether oxygens (including phenoxy) is 2. The summed E-state index contributed by atoms with van der Waals surface area (Å²) in [7, 11) is 1.85. The maximum Gasteiger partial charge on any atom is 0.194 e. The van der Waals surface area contributed by atoms with Gasteiger partial charge in [0.05, 0.1) is 12.7 Å². The van der Waals surface area contributed by atoms with Crippen molar-refractivity contribution in [1.29, 1.82) is 0 Å². The van der Waals surface area contributed by atoms with E-state index < -0.39 is 0 Å². The summed E-state index contributed by atoms with van der Waals surface area (Å²) in [6.07, 6.45) is 8.39. The van der Waals surface area contributed by atoms with E-state index in [9.17, 15) is 0 Å². The molecule has 7 heteroatoms. The van der Waals surface area contributed by atoms with E-state index in [2.05, 4.69) is 37.2 Å². The minimum absolute atomic E-state index is 0.140. The molecule has 2 atom stereocenters. The van der Waals surface area contributed by atoms with Crippen molar-refractivity contribution in [1.82, 2.24) is 15.2 Å². The van der Waals surface area contributed by atoms with Gasteiger partial charge in [0.15, 0.2) is 5.96 Å². The fourth-order valence-electron chi connectivity index (χ4n) is 4.37. The van der Waals surface area contributed by atoms with Crippen LogP contribution in [0.1, 0.15) is 37.7 Å². The summed E-state index contributed by atoms with van der Waals surface area (Å²) in [4.78, 5) is 13.8. The lowest BCUT2D eigenvalue weighted by molar-refractivity contribution is -0.0817. The number of nitrogens with zero attached hydrogens (tertiary/aromatic N) is 4. The Balaban J connectivity index is 1.34. The second kappa shape index (κ2) is 9.56. The molecule has 4 rings (SSSR count). The molecule has 0 aliphatic carbocycles. The van der Waals surface area contributed by atoms with Crippen molar-refractivity contribution in [2.75, 3.05) is 51.3 Å². The largest absolute Gasteiger partial charge is 0.375 e. The number of aliphatic imine (C=N–C) groups is 1. The van der Waals surface area contributed by atoms with Gasteiger partial charge in [-0.25, -0.2) is 4.98 Å². The Kier molecular flexibility index (Phi) is 6.65. The third-order valence-electron chi connectivity index (χ3n) is 5.92. The Morgan fingerprint density at radius 3 is 2.79 bits per heavy atom. The molecule has 0 radical (unpaired) electrons. The van der Waals surface area contributed by atoms with Gasteiger partial charge in [0.1, 0.15) is 11.9 Å². The van der Waals surface area contributed by atoms with Crippen LogP contribution in [-0.2, 0) is 16.0 Å². The van der Waals surface area contributed by atoms with Crippen LogP contribution in [0.25, 0.3) is 0 Å². The Bertz CT molecular complexity index is 656. The molecule has 28 heavy (non-hydrogen) atoms. The average molecular weight is 388 g/mol. The van der Waals surface area contributed by atoms with Crippen LogP contribution in [0.3, 0.4) is 0 Å². The number of morpholine rings is 1. The predicted molar refractivity (Wildman–Crippen MR) is 111 cm³/mol. The molecule has 154 valence electrons. The Morgan fingerprint density at radius 1 is 1.14 bits per heavy atom. The number of hydrogen-bond acceptors (Lipinski definition) is 5. The first-order valence-corrected chi connectivity index (χ1v) is 10.7. The Morgan fingerprint density at radius 2 is 2.00 bits per heavy atom. The van der Waals surface area contributed by atoms with Crippen molar-refractivity contribution in [3.63, 3.8) is 0 Å². The molecule has 3 fully saturated rings. The SMILES string of the molecule is CN=C(NCc1ccnc(N2CCCCC2)c1)N1CCOC(C2CCCO2)C1. The normalized spacial score (nSPS) is 26.5. The molecule has 3 saturated heterocycles. The zero-order valence-electron chi connectivity index (χ0n) is 17.0. The highest BCUT2D eigenvalue weighted by Gasteiger charge is 2.32. The molecule has 1 aromatic rings. The molecule has 0 aromatic carbocycles. The summed E-state index contributed by atoms with van der Waals surface area (Å²) in [5.41, 5.74) is 1.24. The van der Waals surface area contributed by atoms with Gasteiger partial charge in [-0.2, -0.15) is 0 Å². The van der Waals surface area contributed by atoms with Crippen molar-refractivity contribution in [3.05, 3.63) is 23.9 Å². The second-order valence-corrected chi connectivity index (χ2v) is 7.88. The number of piperidine rings is 1. The van der Waals surface area contributed by atoms with Crippen molar-refractivity contribution in [2.45, 2.75) is 50.9 Å². The van der Waals surface area contributed by atoms with Crippen molar-refractivity contribution in [2.24, 2.45) is 4.99 Å². The molecule has 0 bridgehead atoms. The topological polar surface area (TPSA) is 62.2 Å². The van der Waals surface area contributed by atoms with E-state index in [4.69, 9.17) is 9.47 Å². The van der Waals surface area contributed by atoms with Gasteiger partial charge >= 0.3 is 0 Å². The van der Waals surface area contributed by atoms with E-state index in [-0.39, 0.29) is 12.2 Å². The molecular formula is C21H33N5O2. The number of aromatic nitrogens is 1. The summed E-state index contributed by atoms with van der Waals surface area (Å²) in [5, 5.41) is 3.53. The molecule has 2 unspecified atom stereocenters. The molecule has 7 nitrogen and oxygen atoms in total. The van der Waals surface area contributed by atoms with Crippen LogP contribution in [0, 0.1) is 0 Å². The van der Waals surface area contributed by atoms with Crippen LogP contribution < -0.4 is 10.2 Å². The van der Waals surface area contributed by atoms with Gasteiger partial charge in [0, 0.05) is 52.6 Å². The fraction of sp³-hybridized carbons (Fsp3) is 0.714. The predicted octanol–water partition coefficient (Wildman–Crippen LogP) is 2.03. The van der Waals surface area contributed by atoms with Gasteiger partial charge < -0.3 is 24.6 Å². The van der Waals surface area contributed by atoms with Crippen LogP contribution in [0.2, 0.25) is 0 Å². The third-order valence-corrected chi connectivity index (χ3v) is 5.92. The first kappa shape index (κ1) is 19.5. The van der Waals surface area contributed by atoms with Gasteiger partial charge in [-0.1, -0.05) is 0 Å². The zero-order chi connectivity index (χ0) is 19.2. The van der Waals surface area contributed by atoms with Crippen LogP contribution in [0.4, 0.5) is 5.82 Å². The lowest BCUT2D eigenvalue weighted by atomic mass is 10.1.